The first-order chi connectivity index (χ1) is 25.8. The minimum absolute atomic E-state index is 0.586. The van der Waals surface area contributed by atoms with Gasteiger partial charge in [0, 0.05) is 43.2 Å². The van der Waals surface area contributed by atoms with Crippen molar-refractivity contribution in [2.45, 2.75) is 0 Å². The van der Waals surface area contributed by atoms with Gasteiger partial charge in [0.25, 0.3) is 0 Å². The summed E-state index contributed by atoms with van der Waals surface area (Å²) in [5.41, 5.74) is 10.2. The van der Waals surface area contributed by atoms with Crippen molar-refractivity contribution in [2.24, 2.45) is 0 Å². The van der Waals surface area contributed by atoms with E-state index in [4.69, 9.17) is 18.8 Å². The first-order valence-electron chi connectivity index (χ1n) is 17.2. The highest BCUT2D eigenvalue weighted by Crippen LogP contribution is 2.47. The number of benzene rings is 7. The Hall–Kier alpha value is -6.76. The zero-order valence-corrected chi connectivity index (χ0v) is 28.5. The van der Waals surface area contributed by atoms with Gasteiger partial charge in [0.2, 0.25) is 5.95 Å². The lowest BCUT2D eigenvalue weighted by atomic mass is 10.0. The Morgan fingerprint density at radius 2 is 1.13 bits per heavy atom. The third kappa shape index (κ3) is 4.41. The Bertz CT molecular complexity index is 3130. The summed E-state index contributed by atoms with van der Waals surface area (Å²) in [5.74, 6) is 0.586. The van der Waals surface area contributed by atoms with E-state index in [-0.39, 0.29) is 0 Å². The Balaban J connectivity index is 1.21. The largest absolute Gasteiger partial charge is 0.456 e. The Labute approximate surface area is 301 Å². The summed E-state index contributed by atoms with van der Waals surface area (Å²) in [6.45, 7) is 0. The monoisotopic (exact) mass is 685 g/mol. The van der Waals surface area contributed by atoms with Gasteiger partial charge in [0.15, 0.2) is 0 Å². The predicted octanol–water partition coefficient (Wildman–Crippen LogP) is 13.4. The van der Waals surface area contributed by atoms with E-state index in [1.165, 1.54) is 5.56 Å². The number of fused-ring (bicyclic) bond motifs is 10. The topological polar surface area (TPSA) is 55.3 Å². The first-order valence-corrected chi connectivity index (χ1v) is 18.1. The average Bonchev–Trinajstić information content (AvgIpc) is 3.90. The zero-order valence-electron chi connectivity index (χ0n) is 27.7. The zero-order chi connectivity index (χ0) is 34.2. The molecule has 11 aromatic rings. The lowest BCUT2D eigenvalue weighted by Crippen LogP contribution is -2.13. The van der Waals surface area contributed by atoms with Crippen LogP contribution < -0.4 is 4.90 Å². The van der Waals surface area contributed by atoms with Gasteiger partial charge >= 0.3 is 0 Å². The molecule has 4 aromatic heterocycles. The third-order valence-electron chi connectivity index (χ3n) is 9.91. The summed E-state index contributed by atoms with van der Waals surface area (Å²) in [6.07, 6.45) is 0. The molecule has 0 unspecified atom stereocenters. The summed E-state index contributed by atoms with van der Waals surface area (Å²) < 4.78 is 15.3. The van der Waals surface area contributed by atoms with E-state index in [9.17, 15) is 0 Å². The molecule has 52 heavy (non-hydrogen) atoms. The number of aromatic nitrogens is 2. The van der Waals surface area contributed by atoms with Gasteiger partial charge < -0.3 is 8.83 Å². The van der Waals surface area contributed by atoms with Crippen LogP contribution in [0.4, 0.5) is 17.3 Å². The molecule has 0 bridgehead atoms. The summed E-state index contributed by atoms with van der Waals surface area (Å²) >= 11 is 1.72. The van der Waals surface area contributed by atoms with Crippen molar-refractivity contribution >= 4 is 92.8 Å². The number of hydrogen-bond donors (Lipinski definition) is 0. The quantitative estimate of drug-likeness (QED) is 0.180. The van der Waals surface area contributed by atoms with E-state index >= 15 is 0 Å². The van der Waals surface area contributed by atoms with Gasteiger partial charge in [0.1, 0.15) is 22.3 Å². The predicted molar refractivity (Wildman–Crippen MR) is 215 cm³/mol. The number of para-hydroxylation sites is 2. The van der Waals surface area contributed by atoms with Crippen molar-refractivity contribution in [3.05, 3.63) is 164 Å². The Kier molecular flexibility index (Phi) is 6.35. The number of nitrogens with zero attached hydrogens (tertiary/aromatic N) is 3. The molecule has 0 aliphatic heterocycles. The maximum Gasteiger partial charge on any atom is 0.235 e. The van der Waals surface area contributed by atoms with Crippen LogP contribution in [0.15, 0.2) is 173 Å². The fourth-order valence-electron chi connectivity index (χ4n) is 7.53. The van der Waals surface area contributed by atoms with E-state index in [1.54, 1.807) is 11.3 Å². The van der Waals surface area contributed by atoms with Crippen molar-refractivity contribution in [1.82, 2.24) is 9.97 Å². The van der Waals surface area contributed by atoms with Gasteiger partial charge in [-0.05, 0) is 65.7 Å². The Morgan fingerprint density at radius 1 is 0.462 bits per heavy atom. The van der Waals surface area contributed by atoms with Crippen LogP contribution in [0.25, 0.3) is 86.6 Å². The maximum absolute atomic E-state index is 6.58. The molecule has 0 fully saturated rings. The van der Waals surface area contributed by atoms with Gasteiger partial charge in [0.05, 0.1) is 21.3 Å². The summed E-state index contributed by atoms with van der Waals surface area (Å²) in [6, 6.07) is 56.5. The molecule has 244 valence electrons. The number of furan rings is 2. The fraction of sp³-hybridized carbons (Fsp3) is 0. The van der Waals surface area contributed by atoms with Crippen molar-refractivity contribution < 1.29 is 8.83 Å². The number of thiophene rings is 1. The molecule has 0 aliphatic carbocycles. The molecule has 0 aliphatic rings. The van der Waals surface area contributed by atoms with Crippen LogP contribution in [0, 0.1) is 0 Å². The smallest absolute Gasteiger partial charge is 0.235 e. The molecular weight excluding hydrogens is 659 g/mol. The molecule has 11 rings (SSSR count). The fourth-order valence-corrected chi connectivity index (χ4v) is 8.68. The molecule has 0 spiro atoms. The lowest BCUT2D eigenvalue weighted by molar-refractivity contribution is 0.663. The molecule has 0 amide bonds. The second-order valence-electron chi connectivity index (χ2n) is 12.9. The van der Waals surface area contributed by atoms with Crippen LogP contribution in [0.5, 0.6) is 0 Å². The van der Waals surface area contributed by atoms with Crippen LogP contribution >= 0.6 is 11.3 Å². The van der Waals surface area contributed by atoms with E-state index in [2.05, 4.69) is 132 Å². The van der Waals surface area contributed by atoms with Gasteiger partial charge in [-0.25, -0.2) is 9.97 Å². The second kappa shape index (κ2) is 11.4. The molecule has 0 saturated carbocycles. The van der Waals surface area contributed by atoms with Crippen molar-refractivity contribution in [2.75, 3.05) is 4.90 Å². The summed E-state index contributed by atoms with van der Waals surface area (Å²) in [5, 5.41) is 5.17. The summed E-state index contributed by atoms with van der Waals surface area (Å²) in [4.78, 5) is 13.0. The first kappa shape index (κ1) is 29.0. The molecule has 0 saturated heterocycles. The minimum atomic E-state index is 0.586. The summed E-state index contributed by atoms with van der Waals surface area (Å²) in [7, 11) is 0. The molecule has 0 radical (unpaired) electrons. The van der Waals surface area contributed by atoms with Crippen molar-refractivity contribution in [1.29, 1.82) is 0 Å². The van der Waals surface area contributed by atoms with Crippen LogP contribution in [-0.2, 0) is 0 Å². The molecule has 0 atom stereocenters. The van der Waals surface area contributed by atoms with Gasteiger partial charge in [-0.3, -0.25) is 4.90 Å². The van der Waals surface area contributed by atoms with E-state index in [0.29, 0.717) is 5.95 Å². The van der Waals surface area contributed by atoms with E-state index in [1.807, 2.05) is 36.4 Å². The van der Waals surface area contributed by atoms with Gasteiger partial charge in [-0.1, -0.05) is 109 Å². The third-order valence-corrected chi connectivity index (χ3v) is 11.1. The second-order valence-corrected chi connectivity index (χ2v) is 14.0. The average molecular weight is 686 g/mol. The molecule has 6 heteroatoms. The van der Waals surface area contributed by atoms with Gasteiger partial charge in [-0.2, -0.15) is 0 Å². The van der Waals surface area contributed by atoms with Crippen LogP contribution in [-0.4, -0.2) is 9.97 Å². The Morgan fingerprint density at radius 3 is 1.98 bits per heavy atom. The standard InChI is InChI=1S/C46H27N3O2S/c1-3-12-28(13-4-1)29-22-24-31(25-23-29)49(30-14-5-2-6-15-30)46-47-42-34-17-8-10-21-39(34)52-45(42)43(48-46)35-18-11-20-37-40(35)41-38(50-37)27-26-33-32-16-7-9-19-36(32)51-44(33)41/h1-27H. The van der Waals surface area contributed by atoms with Crippen molar-refractivity contribution in [3.8, 4) is 22.4 Å². The van der Waals surface area contributed by atoms with Crippen molar-refractivity contribution in [3.63, 3.8) is 0 Å². The minimum Gasteiger partial charge on any atom is -0.456 e. The maximum atomic E-state index is 6.58. The molecule has 0 N–H and O–H groups in total. The number of rotatable bonds is 5. The van der Waals surface area contributed by atoms with Crippen LogP contribution in [0.2, 0.25) is 0 Å². The highest BCUT2D eigenvalue weighted by molar-refractivity contribution is 7.26. The van der Waals surface area contributed by atoms with Crippen LogP contribution in [0.3, 0.4) is 0 Å². The lowest BCUT2D eigenvalue weighted by Gasteiger charge is -2.24. The number of hydrogen-bond acceptors (Lipinski definition) is 6. The molecular formula is C46H27N3O2S. The van der Waals surface area contributed by atoms with E-state index < -0.39 is 0 Å². The van der Waals surface area contributed by atoms with Crippen LogP contribution in [0.1, 0.15) is 0 Å². The van der Waals surface area contributed by atoms with Gasteiger partial charge in [-0.15, -0.1) is 11.3 Å². The normalized spacial score (nSPS) is 11.8. The highest BCUT2D eigenvalue weighted by Gasteiger charge is 2.25. The molecule has 4 heterocycles. The number of anilines is 3. The van der Waals surface area contributed by atoms with E-state index in [0.717, 1.165) is 92.4 Å². The molecule has 5 nitrogen and oxygen atoms in total. The SMILES string of the molecule is c1ccc(-c2ccc(N(c3ccccc3)c3nc(-c4cccc5oc6ccc7c8ccccc8oc7c6c45)c4sc5ccccc5c4n3)cc2)cc1. The molecule has 7 aromatic carbocycles. The highest BCUT2D eigenvalue weighted by atomic mass is 32.1.